The summed E-state index contributed by atoms with van der Waals surface area (Å²) in [5.41, 5.74) is 0. The monoisotopic (exact) mass is 309 g/mol. The summed E-state index contributed by atoms with van der Waals surface area (Å²) in [6.45, 7) is 1.17. The van der Waals surface area contributed by atoms with E-state index in [4.69, 9.17) is 4.74 Å². The Kier molecular flexibility index (Phi) is 3.63. The quantitative estimate of drug-likeness (QED) is 0.809. The summed E-state index contributed by atoms with van der Waals surface area (Å²) in [5.74, 6) is 0. The average Bonchev–Trinajstić information content (AvgIpc) is 2.83. The fourth-order valence-electron chi connectivity index (χ4n) is 1.53. The second kappa shape index (κ2) is 4.82. The van der Waals surface area contributed by atoms with Gasteiger partial charge < -0.3 is 4.74 Å². The molecule has 1 fully saturated rings. The molecule has 16 heavy (non-hydrogen) atoms. The van der Waals surface area contributed by atoms with Gasteiger partial charge in [0.1, 0.15) is 0 Å². The number of hydrogen-bond acceptors (Lipinski definition) is 4. The van der Waals surface area contributed by atoms with E-state index in [1.807, 2.05) is 0 Å². The van der Waals surface area contributed by atoms with Gasteiger partial charge in [-0.2, -0.15) is 9.40 Å². The van der Waals surface area contributed by atoms with E-state index < -0.39 is 10.0 Å². The summed E-state index contributed by atoms with van der Waals surface area (Å²) < 4.78 is 31.0. The maximum absolute atomic E-state index is 12.1. The molecule has 1 unspecified atom stereocenters. The number of hydrogen-bond donors (Lipinski definition) is 1. The van der Waals surface area contributed by atoms with E-state index in [2.05, 4.69) is 26.1 Å². The van der Waals surface area contributed by atoms with Gasteiger partial charge in [-0.25, -0.2) is 8.42 Å². The third kappa shape index (κ3) is 2.29. The van der Waals surface area contributed by atoms with Crippen LogP contribution in [-0.2, 0) is 14.8 Å². The fourth-order valence-corrected chi connectivity index (χ4v) is 3.28. The molecule has 8 heteroatoms. The van der Waals surface area contributed by atoms with Crippen molar-refractivity contribution < 1.29 is 13.2 Å². The molecule has 0 saturated carbocycles. The van der Waals surface area contributed by atoms with Gasteiger partial charge in [0.2, 0.25) is 0 Å². The molecule has 90 valence electrons. The second-order valence-electron chi connectivity index (χ2n) is 3.43. The molecule has 1 N–H and O–H groups in total. The smallest absolute Gasteiger partial charge is 0.260 e. The Morgan fingerprint density at radius 3 is 3.12 bits per heavy atom. The van der Waals surface area contributed by atoms with Gasteiger partial charge in [-0.05, 0) is 6.07 Å². The third-order valence-electron chi connectivity index (χ3n) is 2.37. The third-order valence-corrected chi connectivity index (χ3v) is 4.88. The lowest BCUT2D eigenvalue weighted by atomic mass is 10.3. The number of H-pyrrole nitrogens is 1. The van der Waals surface area contributed by atoms with Crippen molar-refractivity contribution in [3.8, 4) is 0 Å². The van der Waals surface area contributed by atoms with Gasteiger partial charge in [0.25, 0.3) is 10.0 Å². The maximum Gasteiger partial charge on any atom is 0.260 e. The van der Waals surface area contributed by atoms with Crippen LogP contribution in [0.3, 0.4) is 0 Å². The number of rotatable bonds is 3. The van der Waals surface area contributed by atoms with Gasteiger partial charge in [-0.3, -0.25) is 5.10 Å². The lowest BCUT2D eigenvalue weighted by Gasteiger charge is -2.30. The summed E-state index contributed by atoms with van der Waals surface area (Å²) in [7, 11) is -3.45. The number of alkyl halides is 1. The molecule has 1 atom stereocenters. The highest BCUT2D eigenvalue weighted by molar-refractivity contribution is 9.09. The highest BCUT2D eigenvalue weighted by Crippen LogP contribution is 2.17. The van der Waals surface area contributed by atoms with Crippen LogP contribution >= 0.6 is 15.9 Å². The van der Waals surface area contributed by atoms with Crippen molar-refractivity contribution in [2.75, 3.05) is 25.0 Å². The molecule has 1 aromatic rings. The number of nitrogens with one attached hydrogen (secondary N) is 1. The minimum absolute atomic E-state index is 0.0913. The normalized spacial score (nSPS) is 23.4. The second-order valence-corrected chi connectivity index (χ2v) is 5.98. The van der Waals surface area contributed by atoms with Crippen LogP contribution in [-0.4, -0.2) is 54.1 Å². The van der Waals surface area contributed by atoms with Crippen molar-refractivity contribution in [1.29, 1.82) is 0 Å². The standard InChI is InChI=1S/C8H12BrN3O3S/c9-5-7-6-12(3-4-15-7)16(13,14)8-1-2-10-11-8/h1-2,7H,3-6H2,(H,10,11). The molecule has 1 saturated heterocycles. The maximum atomic E-state index is 12.1. The first-order chi connectivity index (χ1) is 7.64. The number of aromatic amines is 1. The Morgan fingerprint density at radius 2 is 2.50 bits per heavy atom. The van der Waals surface area contributed by atoms with Crippen LogP contribution in [0, 0.1) is 0 Å². The van der Waals surface area contributed by atoms with Crippen molar-refractivity contribution in [3.63, 3.8) is 0 Å². The van der Waals surface area contributed by atoms with Gasteiger partial charge in [0, 0.05) is 18.4 Å². The number of halogens is 1. The fraction of sp³-hybridized carbons (Fsp3) is 0.625. The van der Waals surface area contributed by atoms with Crippen LogP contribution in [0.2, 0.25) is 0 Å². The molecule has 0 amide bonds. The zero-order valence-corrected chi connectivity index (χ0v) is 10.9. The highest BCUT2D eigenvalue weighted by atomic mass is 79.9. The molecule has 2 heterocycles. The summed E-state index contributed by atoms with van der Waals surface area (Å²) in [6, 6.07) is 1.45. The molecule has 2 rings (SSSR count). The Morgan fingerprint density at radius 1 is 1.69 bits per heavy atom. The highest BCUT2D eigenvalue weighted by Gasteiger charge is 2.31. The molecule has 0 aliphatic carbocycles. The van der Waals surface area contributed by atoms with Crippen molar-refractivity contribution in [3.05, 3.63) is 12.3 Å². The zero-order valence-electron chi connectivity index (χ0n) is 8.47. The first-order valence-corrected chi connectivity index (χ1v) is 7.38. The topological polar surface area (TPSA) is 75.3 Å². The molecule has 0 radical (unpaired) electrons. The first-order valence-electron chi connectivity index (χ1n) is 4.81. The van der Waals surface area contributed by atoms with Gasteiger partial charge in [0.05, 0.1) is 18.9 Å². The molecule has 0 spiro atoms. The molecular weight excluding hydrogens is 298 g/mol. The van der Waals surface area contributed by atoms with Gasteiger partial charge >= 0.3 is 0 Å². The Hall–Kier alpha value is -0.440. The molecule has 6 nitrogen and oxygen atoms in total. The van der Waals surface area contributed by atoms with Gasteiger partial charge in [0.15, 0.2) is 5.03 Å². The molecular formula is C8H12BrN3O3S. The number of sulfonamides is 1. The molecule has 0 bridgehead atoms. The van der Waals surface area contributed by atoms with Gasteiger partial charge in [-0.15, -0.1) is 0 Å². The zero-order chi connectivity index (χ0) is 11.6. The minimum Gasteiger partial charge on any atom is -0.375 e. The minimum atomic E-state index is -3.45. The summed E-state index contributed by atoms with van der Waals surface area (Å²) in [6.07, 6.45) is 1.33. The molecule has 1 aromatic heterocycles. The Bertz CT molecular complexity index is 433. The van der Waals surface area contributed by atoms with Crippen LogP contribution in [0.1, 0.15) is 0 Å². The van der Waals surface area contributed by atoms with E-state index in [-0.39, 0.29) is 11.1 Å². The summed E-state index contributed by atoms with van der Waals surface area (Å²) in [5, 5.41) is 6.88. The Labute approximate surface area is 102 Å². The predicted molar refractivity (Wildman–Crippen MR) is 60.9 cm³/mol. The van der Waals surface area contributed by atoms with E-state index in [1.165, 1.54) is 16.6 Å². The Balaban J connectivity index is 2.18. The summed E-state index contributed by atoms with van der Waals surface area (Å²) >= 11 is 3.29. The molecule has 1 aliphatic heterocycles. The average molecular weight is 310 g/mol. The van der Waals surface area contributed by atoms with Crippen molar-refractivity contribution >= 4 is 26.0 Å². The van der Waals surface area contributed by atoms with E-state index in [1.54, 1.807) is 0 Å². The van der Waals surface area contributed by atoms with Crippen LogP contribution in [0.4, 0.5) is 0 Å². The van der Waals surface area contributed by atoms with Gasteiger partial charge in [-0.1, -0.05) is 15.9 Å². The summed E-state index contributed by atoms with van der Waals surface area (Å²) in [4.78, 5) is 0. The van der Waals surface area contributed by atoms with Crippen LogP contribution in [0.25, 0.3) is 0 Å². The van der Waals surface area contributed by atoms with Crippen LogP contribution in [0.15, 0.2) is 17.3 Å². The first kappa shape index (κ1) is 12.0. The number of nitrogens with zero attached hydrogens (tertiary/aromatic N) is 2. The van der Waals surface area contributed by atoms with E-state index in [0.29, 0.717) is 25.0 Å². The van der Waals surface area contributed by atoms with Crippen LogP contribution < -0.4 is 0 Å². The molecule has 0 aromatic carbocycles. The van der Waals surface area contributed by atoms with E-state index in [0.717, 1.165) is 0 Å². The van der Waals surface area contributed by atoms with Crippen molar-refractivity contribution in [1.82, 2.24) is 14.5 Å². The molecule has 1 aliphatic rings. The number of morpholine rings is 1. The number of aromatic nitrogens is 2. The largest absolute Gasteiger partial charge is 0.375 e. The van der Waals surface area contributed by atoms with Crippen molar-refractivity contribution in [2.24, 2.45) is 0 Å². The van der Waals surface area contributed by atoms with E-state index >= 15 is 0 Å². The van der Waals surface area contributed by atoms with E-state index in [9.17, 15) is 8.42 Å². The van der Waals surface area contributed by atoms with Crippen molar-refractivity contribution in [2.45, 2.75) is 11.1 Å². The lowest BCUT2D eigenvalue weighted by Crippen LogP contribution is -2.46. The van der Waals surface area contributed by atoms with Crippen LogP contribution in [0.5, 0.6) is 0 Å². The SMILES string of the molecule is O=S(=O)(c1ccn[nH]1)N1CCOC(CBr)C1. The number of ether oxygens (including phenoxy) is 1. The predicted octanol–water partition coefficient (Wildman–Crippen LogP) is 0.194. The lowest BCUT2D eigenvalue weighted by molar-refractivity contribution is 0.0136.